The molecule has 1 aromatic carbocycles. The molecule has 9 heteroatoms. The van der Waals surface area contributed by atoms with E-state index in [9.17, 15) is 4.79 Å². The SMILES string of the molecule is CCN(CC)CCCNC(=O)c1ccc(Nc2ncc(C)c(Nc3cc(C4CC4)[nH]n3)n2)cc1. The first-order valence-corrected chi connectivity index (χ1v) is 12.1. The van der Waals surface area contributed by atoms with E-state index in [1.54, 1.807) is 18.3 Å². The molecule has 0 bridgehead atoms. The van der Waals surface area contributed by atoms with Crippen LogP contribution in [0.5, 0.6) is 0 Å². The lowest BCUT2D eigenvalue weighted by Gasteiger charge is -2.17. The van der Waals surface area contributed by atoms with Gasteiger partial charge in [0.15, 0.2) is 5.82 Å². The average molecular weight is 463 g/mol. The van der Waals surface area contributed by atoms with Crippen LogP contribution in [0.25, 0.3) is 0 Å². The number of hydrogen-bond acceptors (Lipinski definition) is 7. The Balaban J connectivity index is 1.31. The molecule has 34 heavy (non-hydrogen) atoms. The van der Waals surface area contributed by atoms with Crippen LogP contribution in [-0.2, 0) is 0 Å². The molecule has 1 fully saturated rings. The maximum atomic E-state index is 12.4. The zero-order chi connectivity index (χ0) is 23.9. The first-order chi connectivity index (χ1) is 16.6. The summed E-state index contributed by atoms with van der Waals surface area (Å²) in [6.07, 6.45) is 5.15. The number of benzene rings is 1. The van der Waals surface area contributed by atoms with Crippen LogP contribution in [0.3, 0.4) is 0 Å². The van der Waals surface area contributed by atoms with Gasteiger partial charge in [-0.25, -0.2) is 4.98 Å². The lowest BCUT2D eigenvalue weighted by atomic mass is 10.2. The van der Waals surface area contributed by atoms with Crippen LogP contribution in [0.15, 0.2) is 36.5 Å². The number of rotatable bonds is 12. The minimum atomic E-state index is -0.0614. The van der Waals surface area contributed by atoms with Crippen molar-refractivity contribution in [3.05, 3.63) is 53.3 Å². The number of aromatic nitrogens is 4. The number of carbonyl (C=O) groups is 1. The maximum absolute atomic E-state index is 12.4. The Hall–Kier alpha value is -3.46. The number of H-pyrrole nitrogens is 1. The van der Waals surface area contributed by atoms with Gasteiger partial charge in [0.1, 0.15) is 5.82 Å². The summed E-state index contributed by atoms with van der Waals surface area (Å²) in [5.41, 5.74) is 3.53. The van der Waals surface area contributed by atoms with Crippen molar-refractivity contribution in [2.45, 2.75) is 46.0 Å². The molecule has 4 rings (SSSR count). The summed E-state index contributed by atoms with van der Waals surface area (Å²) in [5, 5.41) is 16.9. The van der Waals surface area contributed by atoms with E-state index in [-0.39, 0.29) is 5.91 Å². The number of carbonyl (C=O) groups excluding carboxylic acids is 1. The number of aryl methyl sites for hydroxylation is 1. The van der Waals surface area contributed by atoms with Crippen LogP contribution in [0.1, 0.15) is 60.6 Å². The normalized spacial score (nSPS) is 13.2. The van der Waals surface area contributed by atoms with E-state index in [1.165, 1.54) is 18.5 Å². The minimum Gasteiger partial charge on any atom is -0.352 e. The molecule has 0 unspecified atom stereocenters. The topological polar surface area (TPSA) is 111 Å². The zero-order valence-electron chi connectivity index (χ0n) is 20.2. The van der Waals surface area contributed by atoms with Gasteiger partial charge in [-0.2, -0.15) is 10.1 Å². The highest BCUT2D eigenvalue weighted by Crippen LogP contribution is 2.39. The molecule has 1 saturated carbocycles. The molecule has 0 saturated heterocycles. The smallest absolute Gasteiger partial charge is 0.251 e. The van der Waals surface area contributed by atoms with Crippen LogP contribution in [-0.4, -0.2) is 57.2 Å². The molecule has 2 aromatic heterocycles. The molecule has 3 aromatic rings. The third kappa shape index (κ3) is 6.32. The van der Waals surface area contributed by atoms with Gasteiger partial charge in [-0.3, -0.25) is 9.89 Å². The van der Waals surface area contributed by atoms with Crippen LogP contribution >= 0.6 is 0 Å². The molecule has 0 radical (unpaired) electrons. The molecule has 0 atom stereocenters. The Morgan fingerprint density at radius 1 is 1.15 bits per heavy atom. The first-order valence-electron chi connectivity index (χ1n) is 12.1. The van der Waals surface area contributed by atoms with Gasteiger partial charge < -0.3 is 20.9 Å². The molecule has 1 aliphatic carbocycles. The summed E-state index contributed by atoms with van der Waals surface area (Å²) >= 11 is 0. The van der Waals surface area contributed by atoms with Crippen molar-refractivity contribution in [3.63, 3.8) is 0 Å². The number of anilines is 4. The molecule has 1 amide bonds. The number of hydrogen-bond donors (Lipinski definition) is 4. The van der Waals surface area contributed by atoms with Crippen LogP contribution < -0.4 is 16.0 Å². The number of nitrogens with zero attached hydrogens (tertiary/aromatic N) is 4. The fourth-order valence-corrected chi connectivity index (χ4v) is 3.73. The van der Waals surface area contributed by atoms with Gasteiger partial charge in [0, 0.05) is 47.2 Å². The van der Waals surface area contributed by atoms with E-state index in [4.69, 9.17) is 0 Å². The van der Waals surface area contributed by atoms with Crippen molar-refractivity contribution in [1.82, 2.24) is 30.4 Å². The van der Waals surface area contributed by atoms with Crippen molar-refractivity contribution in [3.8, 4) is 0 Å². The van der Waals surface area contributed by atoms with Gasteiger partial charge in [-0.15, -0.1) is 0 Å². The van der Waals surface area contributed by atoms with Crippen molar-refractivity contribution in [2.75, 3.05) is 36.8 Å². The predicted octanol–water partition coefficient (Wildman–Crippen LogP) is 4.33. The fourth-order valence-electron chi connectivity index (χ4n) is 3.73. The van der Waals surface area contributed by atoms with Gasteiger partial charge in [-0.05, 0) is 70.1 Å². The Labute approximate surface area is 200 Å². The summed E-state index contributed by atoms with van der Waals surface area (Å²) in [5.74, 6) is 2.48. The number of amides is 1. The average Bonchev–Trinajstić information content (AvgIpc) is 3.60. The fraction of sp³-hybridized carbons (Fsp3) is 0.440. The predicted molar refractivity (Wildman–Crippen MR) is 135 cm³/mol. The van der Waals surface area contributed by atoms with Crippen molar-refractivity contribution in [2.24, 2.45) is 0 Å². The standard InChI is InChI=1S/C25H34N8O/c1-4-33(5-2)14-6-13-26-24(34)19-9-11-20(12-10-19)28-25-27-16-17(3)23(30-25)29-22-15-21(31-32-22)18-7-8-18/h9-12,15-16,18H,4-8,13-14H2,1-3H3,(H,26,34)(H3,27,28,29,30,31,32). The molecule has 0 aliphatic heterocycles. The quantitative estimate of drug-likeness (QED) is 0.296. The van der Waals surface area contributed by atoms with Crippen LogP contribution in [0.2, 0.25) is 0 Å². The lowest BCUT2D eigenvalue weighted by Crippen LogP contribution is -2.29. The van der Waals surface area contributed by atoms with Crippen molar-refractivity contribution in [1.29, 1.82) is 0 Å². The van der Waals surface area contributed by atoms with Crippen LogP contribution in [0, 0.1) is 6.92 Å². The molecule has 9 nitrogen and oxygen atoms in total. The van der Waals surface area contributed by atoms with E-state index >= 15 is 0 Å². The van der Waals surface area contributed by atoms with Gasteiger partial charge in [-0.1, -0.05) is 13.8 Å². The molecular weight excluding hydrogens is 428 g/mol. The lowest BCUT2D eigenvalue weighted by molar-refractivity contribution is 0.0952. The van der Waals surface area contributed by atoms with Gasteiger partial charge >= 0.3 is 0 Å². The Morgan fingerprint density at radius 2 is 1.91 bits per heavy atom. The van der Waals surface area contributed by atoms with E-state index in [0.717, 1.165) is 43.1 Å². The van der Waals surface area contributed by atoms with Crippen LogP contribution in [0.4, 0.5) is 23.3 Å². The highest BCUT2D eigenvalue weighted by molar-refractivity contribution is 5.94. The van der Waals surface area contributed by atoms with Crippen molar-refractivity contribution < 1.29 is 4.79 Å². The third-order valence-electron chi connectivity index (χ3n) is 6.07. The molecule has 2 heterocycles. The number of nitrogens with one attached hydrogen (secondary N) is 4. The third-order valence-corrected chi connectivity index (χ3v) is 6.07. The van der Waals surface area contributed by atoms with Gasteiger partial charge in [0.05, 0.1) is 0 Å². The monoisotopic (exact) mass is 462 g/mol. The van der Waals surface area contributed by atoms with Gasteiger partial charge in [0.25, 0.3) is 5.91 Å². The summed E-state index contributed by atoms with van der Waals surface area (Å²) in [6.45, 7) is 9.99. The second-order valence-electron chi connectivity index (χ2n) is 8.67. The van der Waals surface area contributed by atoms with Gasteiger partial charge in [0.2, 0.25) is 5.95 Å². The molecule has 180 valence electrons. The summed E-state index contributed by atoms with van der Waals surface area (Å²) in [6, 6.07) is 9.37. The molecule has 4 N–H and O–H groups in total. The summed E-state index contributed by atoms with van der Waals surface area (Å²) < 4.78 is 0. The maximum Gasteiger partial charge on any atom is 0.251 e. The highest BCUT2D eigenvalue weighted by Gasteiger charge is 2.25. The second-order valence-corrected chi connectivity index (χ2v) is 8.67. The van der Waals surface area contributed by atoms with E-state index in [2.05, 4.69) is 54.9 Å². The Kier molecular flexibility index (Phi) is 7.74. The Morgan fingerprint density at radius 3 is 2.62 bits per heavy atom. The molecule has 0 spiro atoms. The van der Waals surface area contributed by atoms with E-state index in [0.29, 0.717) is 29.8 Å². The largest absolute Gasteiger partial charge is 0.352 e. The minimum absolute atomic E-state index is 0.0614. The van der Waals surface area contributed by atoms with E-state index < -0.39 is 0 Å². The zero-order valence-corrected chi connectivity index (χ0v) is 20.2. The highest BCUT2D eigenvalue weighted by atomic mass is 16.1. The molecular formula is C25H34N8O. The van der Waals surface area contributed by atoms with E-state index in [1.807, 2.05) is 25.1 Å². The summed E-state index contributed by atoms with van der Waals surface area (Å²) in [7, 11) is 0. The summed E-state index contributed by atoms with van der Waals surface area (Å²) in [4.78, 5) is 23.7. The van der Waals surface area contributed by atoms with Crippen molar-refractivity contribution >= 4 is 29.2 Å². The molecule has 1 aliphatic rings. The number of aromatic amines is 1. The first kappa shape index (κ1) is 23.7. The second kappa shape index (κ2) is 11.1. The Bertz CT molecular complexity index is 1090.